The number of ether oxygens (including phenoxy) is 1. The number of halogens is 1. The lowest BCUT2D eigenvalue weighted by Crippen LogP contribution is -3.08. The number of hydrogen-bond acceptors (Lipinski definition) is 4. The fraction of sp³-hybridized carbons (Fsp3) is 0.526. The number of hydrogen-bond donors (Lipinski definition) is 1. The van der Waals surface area contributed by atoms with Gasteiger partial charge in [0.15, 0.2) is 9.84 Å². The Balaban J connectivity index is 1.59. The number of likely N-dealkylation sites (N-methyl/N-ethyl adjacent to an activating group) is 1. The van der Waals surface area contributed by atoms with Crippen molar-refractivity contribution in [2.24, 2.45) is 0 Å². The van der Waals surface area contributed by atoms with E-state index in [9.17, 15) is 8.42 Å². The summed E-state index contributed by atoms with van der Waals surface area (Å²) >= 11 is 6.11. The zero-order chi connectivity index (χ0) is 19.6. The summed E-state index contributed by atoms with van der Waals surface area (Å²) in [5.41, 5.74) is 3.23. The van der Waals surface area contributed by atoms with Crippen molar-refractivity contribution in [2.75, 3.05) is 31.7 Å². The summed E-state index contributed by atoms with van der Waals surface area (Å²) in [6.07, 6.45) is 0.651. The molecule has 1 unspecified atom stereocenters. The van der Waals surface area contributed by atoms with E-state index in [2.05, 4.69) is 12.1 Å². The van der Waals surface area contributed by atoms with E-state index in [0.29, 0.717) is 23.8 Å². The molecule has 0 saturated carbocycles. The van der Waals surface area contributed by atoms with Crippen molar-refractivity contribution in [3.63, 3.8) is 0 Å². The van der Waals surface area contributed by atoms with Gasteiger partial charge in [-0.25, -0.2) is 8.42 Å². The molecule has 0 spiro atoms. The van der Waals surface area contributed by atoms with Crippen molar-refractivity contribution < 1.29 is 18.1 Å². The number of nitrogens with one attached hydrogen (secondary N) is 1. The molecule has 3 rings (SSSR count). The molecule has 27 heavy (non-hydrogen) atoms. The number of para-hydroxylation sites is 1. The molecule has 1 fully saturated rings. The highest BCUT2D eigenvalue weighted by Crippen LogP contribution is 2.26. The van der Waals surface area contributed by atoms with Gasteiger partial charge in [0.2, 0.25) is 0 Å². The zero-order valence-electron chi connectivity index (χ0n) is 16.0. The van der Waals surface area contributed by atoms with Crippen LogP contribution in [0.15, 0.2) is 24.3 Å². The van der Waals surface area contributed by atoms with Gasteiger partial charge in [0.1, 0.15) is 25.4 Å². The van der Waals surface area contributed by atoms with Gasteiger partial charge in [-0.2, -0.15) is 5.10 Å². The second kappa shape index (κ2) is 8.20. The predicted molar refractivity (Wildman–Crippen MR) is 106 cm³/mol. The van der Waals surface area contributed by atoms with Gasteiger partial charge in [0.05, 0.1) is 40.9 Å². The van der Waals surface area contributed by atoms with Gasteiger partial charge in [0, 0.05) is 5.69 Å². The molecule has 0 aliphatic carbocycles. The first-order valence-electron chi connectivity index (χ1n) is 9.20. The van der Waals surface area contributed by atoms with Crippen LogP contribution in [0.2, 0.25) is 5.02 Å². The van der Waals surface area contributed by atoms with Crippen LogP contribution in [0.25, 0.3) is 0 Å². The number of aryl methyl sites for hydroxylation is 1. The first kappa shape index (κ1) is 20.2. The summed E-state index contributed by atoms with van der Waals surface area (Å²) in [4.78, 5) is 1.30. The normalized spacial score (nSPS) is 19.9. The van der Waals surface area contributed by atoms with E-state index < -0.39 is 9.84 Å². The molecule has 1 saturated heterocycles. The van der Waals surface area contributed by atoms with E-state index in [4.69, 9.17) is 16.3 Å². The highest BCUT2D eigenvalue weighted by Gasteiger charge is 2.31. The summed E-state index contributed by atoms with van der Waals surface area (Å²) in [7, 11) is -0.805. The van der Waals surface area contributed by atoms with Crippen molar-refractivity contribution in [3.05, 3.63) is 46.2 Å². The molecule has 1 N–H and O–H groups in total. The number of aromatic nitrogens is 2. The third-order valence-electron chi connectivity index (χ3n) is 5.13. The van der Waals surface area contributed by atoms with Crippen LogP contribution in [0.5, 0.6) is 5.75 Å². The zero-order valence-corrected chi connectivity index (χ0v) is 17.6. The Labute approximate surface area is 166 Å². The maximum absolute atomic E-state index is 11.8. The van der Waals surface area contributed by atoms with Crippen molar-refractivity contribution in [1.82, 2.24) is 9.78 Å². The molecule has 2 heterocycles. The van der Waals surface area contributed by atoms with E-state index in [1.807, 2.05) is 42.8 Å². The number of benzene rings is 1. The van der Waals surface area contributed by atoms with Crippen molar-refractivity contribution >= 4 is 21.4 Å². The topological polar surface area (TPSA) is 65.6 Å². The fourth-order valence-electron chi connectivity index (χ4n) is 3.56. The summed E-state index contributed by atoms with van der Waals surface area (Å²) in [6.45, 7) is 6.25. The predicted octanol–water partition coefficient (Wildman–Crippen LogP) is 1.61. The molecule has 6 nitrogen and oxygen atoms in total. The SMILES string of the molecule is Cc1nn([C@H]2CCS(=O)(=O)C2)c(C)c1C[NH+](C)CCOc1ccccc1Cl. The molecular weight excluding hydrogens is 386 g/mol. The van der Waals surface area contributed by atoms with Gasteiger partial charge in [-0.15, -0.1) is 0 Å². The number of nitrogens with zero attached hydrogens (tertiary/aromatic N) is 2. The lowest BCUT2D eigenvalue weighted by Gasteiger charge is -2.16. The molecule has 1 aliphatic rings. The minimum Gasteiger partial charge on any atom is -0.486 e. The highest BCUT2D eigenvalue weighted by molar-refractivity contribution is 7.91. The van der Waals surface area contributed by atoms with Crippen molar-refractivity contribution in [3.8, 4) is 5.75 Å². The Morgan fingerprint density at radius 3 is 2.74 bits per heavy atom. The van der Waals surface area contributed by atoms with Crippen LogP contribution in [0.4, 0.5) is 0 Å². The lowest BCUT2D eigenvalue weighted by molar-refractivity contribution is -0.893. The summed E-state index contributed by atoms with van der Waals surface area (Å²) in [5, 5.41) is 5.26. The molecule has 1 aliphatic heterocycles. The summed E-state index contributed by atoms with van der Waals surface area (Å²) < 4.78 is 31.3. The maximum Gasteiger partial charge on any atom is 0.152 e. The van der Waals surface area contributed by atoms with Gasteiger partial charge in [0.25, 0.3) is 0 Å². The monoisotopic (exact) mass is 412 g/mol. The standard InChI is InChI=1S/C19H26ClN3O3S/c1-14-17(15(2)23(21-14)16-8-11-27(24,25)13-16)12-22(3)9-10-26-19-7-5-4-6-18(19)20/h4-7,16H,8-13H2,1-3H3/p+1/t16-/m0/s1. The second-order valence-electron chi connectivity index (χ2n) is 7.31. The Kier molecular flexibility index (Phi) is 6.13. The van der Waals surface area contributed by atoms with Crippen LogP contribution in [-0.4, -0.2) is 49.9 Å². The largest absolute Gasteiger partial charge is 0.486 e. The number of sulfone groups is 1. The number of rotatable bonds is 7. The third kappa shape index (κ3) is 4.83. The Morgan fingerprint density at radius 2 is 2.07 bits per heavy atom. The molecule has 1 aromatic heterocycles. The van der Waals surface area contributed by atoms with E-state index in [1.165, 1.54) is 10.5 Å². The smallest absolute Gasteiger partial charge is 0.152 e. The van der Waals surface area contributed by atoms with Crippen LogP contribution in [0, 0.1) is 13.8 Å². The maximum atomic E-state index is 11.8. The first-order valence-corrected chi connectivity index (χ1v) is 11.4. The van der Waals surface area contributed by atoms with Crippen LogP contribution in [0.3, 0.4) is 0 Å². The van der Waals surface area contributed by atoms with Crippen LogP contribution in [0.1, 0.15) is 29.4 Å². The molecule has 1 aromatic carbocycles. The van der Waals surface area contributed by atoms with E-state index in [0.717, 1.165) is 24.5 Å². The average Bonchev–Trinajstić information content (AvgIpc) is 3.10. The Bertz CT molecular complexity index is 911. The van der Waals surface area contributed by atoms with Crippen LogP contribution < -0.4 is 9.64 Å². The summed E-state index contributed by atoms with van der Waals surface area (Å²) in [6, 6.07) is 7.43. The van der Waals surface area contributed by atoms with Gasteiger partial charge >= 0.3 is 0 Å². The fourth-order valence-corrected chi connectivity index (χ4v) is 5.45. The van der Waals surface area contributed by atoms with E-state index in [-0.39, 0.29) is 17.5 Å². The van der Waals surface area contributed by atoms with Gasteiger partial charge in [-0.05, 0) is 32.4 Å². The van der Waals surface area contributed by atoms with Crippen molar-refractivity contribution in [2.45, 2.75) is 32.9 Å². The molecule has 0 amide bonds. The quantitative estimate of drug-likeness (QED) is 0.750. The van der Waals surface area contributed by atoms with E-state index in [1.54, 1.807) is 0 Å². The first-order chi connectivity index (χ1) is 12.8. The van der Waals surface area contributed by atoms with Gasteiger partial charge in [-0.3, -0.25) is 4.68 Å². The lowest BCUT2D eigenvalue weighted by atomic mass is 10.1. The molecule has 8 heteroatoms. The van der Waals surface area contributed by atoms with Crippen LogP contribution >= 0.6 is 11.6 Å². The molecule has 2 atom stereocenters. The van der Waals surface area contributed by atoms with Crippen molar-refractivity contribution in [1.29, 1.82) is 0 Å². The minimum absolute atomic E-state index is 0.0358. The molecule has 0 bridgehead atoms. The molecule has 2 aromatic rings. The third-order valence-corrected chi connectivity index (χ3v) is 7.19. The number of quaternary nitrogens is 1. The van der Waals surface area contributed by atoms with Gasteiger partial charge in [-0.1, -0.05) is 23.7 Å². The minimum atomic E-state index is -2.92. The Hall–Kier alpha value is -1.57. The Morgan fingerprint density at radius 1 is 1.33 bits per heavy atom. The molecule has 148 valence electrons. The van der Waals surface area contributed by atoms with E-state index >= 15 is 0 Å². The van der Waals surface area contributed by atoms with Gasteiger partial charge < -0.3 is 9.64 Å². The molecular formula is C19H27ClN3O3S+. The average molecular weight is 413 g/mol. The second-order valence-corrected chi connectivity index (χ2v) is 9.95. The highest BCUT2D eigenvalue weighted by atomic mass is 35.5. The summed E-state index contributed by atoms with van der Waals surface area (Å²) in [5.74, 6) is 1.16. The van der Waals surface area contributed by atoms with Crippen LogP contribution in [-0.2, 0) is 16.4 Å². The molecule has 0 radical (unpaired) electrons.